The Labute approximate surface area is 214 Å². The fourth-order valence-electron chi connectivity index (χ4n) is 5.65. The third kappa shape index (κ3) is 4.48. The maximum absolute atomic E-state index is 12.9. The van der Waals surface area contributed by atoms with Crippen LogP contribution in [0.25, 0.3) is 16.7 Å². The van der Waals surface area contributed by atoms with E-state index in [0.29, 0.717) is 30.3 Å². The number of hydrogen-bond acceptors (Lipinski definition) is 7. The Hall–Kier alpha value is -4.39. The van der Waals surface area contributed by atoms with Crippen molar-refractivity contribution in [3.63, 3.8) is 0 Å². The van der Waals surface area contributed by atoms with E-state index >= 15 is 0 Å². The van der Waals surface area contributed by atoms with Crippen LogP contribution in [0.5, 0.6) is 5.75 Å². The van der Waals surface area contributed by atoms with Crippen molar-refractivity contribution < 1.29 is 14.3 Å². The molecule has 2 aliphatic rings. The number of imidazole rings is 1. The Morgan fingerprint density at radius 3 is 3.05 bits per heavy atom. The molecule has 1 aliphatic carbocycles. The van der Waals surface area contributed by atoms with Gasteiger partial charge in [0.15, 0.2) is 0 Å². The van der Waals surface area contributed by atoms with Gasteiger partial charge in [-0.2, -0.15) is 5.26 Å². The van der Waals surface area contributed by atoms with Crippen LogP contribution >= 0.6 is 0 Å². The molecule has 0 radical (unpaired) electrons. The Morgan fingerprint density at radius 2 is 2.19 bits per heavy atom. The number of methoxy groups -OCH3 is 1. The molecule has 37 heavy (non-hydrogen) atoms. The van der Waals surface area contributed by atoms with Gasteiger partial charge in [0, 0.05) is 12.6 Å². The first kappa shape index (κ1) is 23.0. The van der Waals surface area contributed by atoms with Gasteiger partial charge in [0.2, 0.25) is 0 Å². The predicted molar refractivity (Wildman–Crippen MR) is 134 cm³/mol. The number of amides is 1. The Morgan fingerprint density at radius 1 is 1.27 bits per heavy atom. The maximum atomic E-state index is 12.9. The van der Waals surface area contributed by atoms with Crippen LogP contribution < -0.4 is 4.74 Å². The largest absolute Gasteiger partial charge is 0.497 e. The highest BCUT2D eigenvalue weighted by atomic mass is 16.6. The number of carbonyl (C=O) groups excluding carboxylic acids is 1. The molecular weight excluding hydrogens is 470 g/mol. The van der Waals surface area contributed by atoms with Crippen molar-refractivity contribution in [3.05, 3.63) is 66.2 Å². The summed E-state index contributed by atoms with van der Waals surface area (Å²) in [5.74, 6) is 1.08. The second kappa shape index (κ2) is 9.24. The summed E-state index contributed by atoms with van der Waals surface area (Å²) in [6.45, 7) is 1.66. The van der Waals surface area contributed by atoms with Gasteiger partial charge in [-0.3, -0.25) is 4.90 Å². The highest BCUT2D eigenvalue weighted by Gasteiger charge is 2.48. The minimum atomic E-state index is -0.489. The Kier molecular flexibility index (Phi) is 5.75. The quantitative estimate of drug-likeness (QED) is 0.395. The summed E-state index contributed by atoms with van der Waals surface area (Å²) in [6, 6.07) is 15.3. The molecular formula is C27H27N7O3. The van der Waals surface area contributed by atoms with E-state index in [2.05, 4.69) is 25.9 Å². The van der Waals surface area contributed by atoms with E-state index in [9.17, 15) is 10.1 Å². The summed E-state index contributed by atoms with van der Waals surface area (Å²) in [5.41, 5.74) is 3.51. The number of hydrogen-bond donors (Lipinski definition) is 0. The van der Waals surface area contributed by atoms with E-state index in [1.165, 1.54) is 0 Å². The summed E-state index contributed by atoms with van der Waals surface area (Å²) < 4.78 is 15.1. The topological polar surface area (TPSA) is 111 Å². The molecule has 10 nitrogen and oxygen atoms in total. The molecule has 10 heteroatoms. The van der Waals surface area contributed by atoms with E-state index in [0.717, 1.165) is 54.7 Å². The average molecular weight is 498 g/mol. The molecule has 3 heterocycles. The zero-order valence-electron chi connectivity index (χ0n) is 20.6. The minimum absolute atomic E-state index is 0.302. The fraction of sp³-hybridized carbons (Fsp3) is 0.370. The van der Waals surface area contributed by atoms with Gasteiger partial charge in [-0.05, 0) is 61.9 Å². The van der Waals surface area contributed by atoms with Crippen molar-refractivity contribution in [3.8, 4) is 17.5 Å². The smallest absolute Gasteiger partial charge is 0.410 e. The third-order valence-electron chi connectivity index (χ3n) is 7.36. The number of rotatable bonds is 6. The lowest BCUT2D eigenvalue weighted by Gasteiger charge is -2.36. The molecule has 2 unspecified atom stereocenters. The first-order valence-electron chi connectivity index (χ1n) is 12.4. The van der Waals surface area contributed by atoms with Gasteiger partial charge in [-0.25, -0.2) is 14.5 Å². The molecule has 188 valence electrons. The summed E-state index contributed by atoms with van der Waals surface area (Å²) in [4.78, 5) is 19.1. The van der Waals surface area contributed by atoms with Gasteiger partial charge in [0.05, 0.1) is 61.1 Å². The molecule has 1 saturated heterocycles. The van der Waals surface area contributed by atoms with Crippen molar-refractivity contribution in [2.75, 3.05) is 13.7 Å². The molecule has 6 rings (SSSR count). The number of nitriles is 1. The van der Waals surface area contributed by atoms with Gasteiger partial charge >= 0.3 is 6.09 Å². The van der Waals surface area contributed by atoms with Crippen LogP contribution in [-0.2, 0) is 17.8 Å². The van der Waals surface area contributed by atoms with Crippen molar-refractivity contribution in [1.29, 1.82) is 5.26 Å². The van der Waals surface area contributed by atoms with Crippen molar-refractivity contribution in [1.82, 2.24) is 29.4 Å². The number of fused-ring (bicyclic) bond motifs is 1. The normalized spacial score (nSPS) is 21.4. The van der Waals surface area contributed by atoms with E-state index in [1.807, 2.05) is 48.9 Å². The highest BCUT2D eigenvalue weighted by molar-refractivity contribution is 5.77. The molecule has 2 atom stereocenters. The average Bonchev–Trinajstić information content (AvgIpc) is 3.62. The van der Waals surface area contributed by atoms with Gasteiger partial charge in [-0.1, -0.05) is 11.3 Å². The second-order valence-electron chi connectivity index (χ2n) is 9.94. The Balaban J connectivity index is 1.14. The number of aromatic nitrogens is 5. The van der Waals surface area contributed by atoms with Crippen LogP contribution in [0.1, 0.15) is 36.9 Å². The molecule has 0 N–H and O–H groups in total. The van der Waals surface area contributed by atoms with E-state index in [1.54, 1.807) is 22.8 Å². The summed E-state index contributed by atoms with van der Waals surface area (Å²) in [7, 11) is 1.62. The highest BCUT2D eigenvalue weighted by Crippen LogP contribution is 2.41. The number of benzene rings is 2. The first-order chi connectivity index (χ1) is 18.0. The lowest BCUT2D eigenvalue weighted by Crippen LogP contribution is -2.40. The fourth-order valence-corrected chi connectivity index (χ4v) is 5.65. The minimum Gasteiger partial charge on any atom is -0.497 e. The molecule has 4 aromatic rings. The SMILES string of the molecule is COc1cccc(-n2cc(CN3CC4(CCCC(Cn5cnc6ccc(C#N)cc65)C4)OC3=O)nn2)c1. The molecule has 1 saturated carbocycles. The van der Waals surface area contributed by atoms with Gasteiger partial charge in [0.1, 0.15) is 17.0 Å². The van der Waals surface area contributed by atoms with Gasteiger partial charge < -0.3 is 14.0 Å². The van der Waals surface area contributed by atoms with Crippen molar-refractivity contribution >= 4 is 17.1 Å². The Bertz CT molecular complexity index is 1500. The molecule has 2 aromatic heterocycles. The molecule has 2 fully saturated rings. The second-order valence-corrected chi connectivity index (χ2v) is 9.94. The summed E-state index contributed by atoms with van der Waals surface area (Å²) >= 11 is 0. The maximum Gasteiger partial charge on any atom is 0.410 e. The predicted octanol–water partition coefficient (Wildman–Crippen LogP) is 4.08. The molecule has 1 spiro atoms. The zero-order valence-corrected chi connectivity index (χ0v) is 20.6. The molecule has 2 aromatic carbocycles. The number of carbonyl (C=O) groups is 1. The van der Waals surface area contributed by atoms with E-state index < -0.39 is 5.60 Å². The number of nitrogens with zero attached hydrogens (tertiary/aromatic N) is 7. The van der Waals surface area contributed by atoms with Crippen molar-refractivity contribution in [2.45, 2.75) is 44.4 Å². The molecule has 1 amide bonds. The van der Waals surface area contributed by atoms with Crippen LogP contribution in [-0.4, -0.2) is 54.8 Å². The summed E-state index contributed by atoms with van der Waals surface area (Å²) in [5, 5.41) is 17.8. The van der Waals surface area contributed by atoms with Crippen LogP contribution in [0.2, 0.25) is 0 Å². The van der Waals surface area contributed by atoms with Crippen LogP contribution in [0.3, 0.4) is 0 Å². The summed E-state index contributed by atoms with van der Waals surface area (Å²) in [6.07, 6.45) is 7.07. The van der Waals surface area contributed by atoms with Crippen molar-refractivity contribution in [2.24, 2.45) is 5.92 Å². The lowest BCUT2D eigenvalue weighted by molar-refractivity contribution is 0.00415. The zero-order chi connectivity index (χ0) is 25.4. The first-order valence-corrected chi connectivity index (χ1v) is 12.4. The van der Waals surface area contributed by atoms with E-state index in [-0.39, 0.29) is 6.09 Å². The van der Waals surface area contributed by atoms with Crippen LogP contribution in [0.15, 0.2) is 55.0 Å². The van der Waals surface area contributed by atoms with E-state index in [4.69, 9.17) is 9.47 Å². The third-order valence-corrected chi connectivity index (χ3v) is 7.36. The van der Waals surface area contributed by atoms with Gasteiger partial charge in [0.25, 0.3) is 0 Å². The van der Waals surface area contributed by atoms with Crippen LogP contribution in [0, 0.1) is 17.2 Å². The van der Waals surface area contributed by atoms with Crippen LogP contribution in [0.4, 0.5) is 4.79 Å². The standard InChI is InChI=1S/C27H27N7O3/c1-36-23-6-2-5-22(11-23)34-16-21(30-31-34)15-32-17-27(37-26(32)35)9-3-4-20(12-27)14-33-18-29-24-8-7-19(13-28)10-25(24)33/h2,5-8,10-11,16,18,20H,3-4,9,12,14-15,17H2,1H3. The molecule has 1 aliphatic heterocycles. The van der Waals surface area contributed by atoms with Gasteiger partial charge in [-0.15, -0.1) is 5.10 Å². The monoisotopic (exact) mass is 497 g/mol. The lowest BCUT2D eigenvalue weighted by atomic mass is 9.78. The molecule has 0 bridgehead atoms. The number of ether oxygens (including phenoxy) is 2.